The van der Waals surface area contributed by atoms with Crippen molar-refractivity contribution in [1.29, 1.82) is 0 Å². The number of carbonyl (C=O) groups is 1. The molecule has 1 aromatic heterocycles. The lowest BCUT2D eigenvalue weighted by Gasteiger charge is -2.02. The third-order valence-electron chi connectivity index (χ3n) is 2.34. The molecule has 5 nitrogen and oxygen atoms in total. The van der Waals surface area contributed by atoms with Gasteiger partial charge in [0.25, 0.3) is 0 Å². The summed E-state index contributed by atoms with van der Waals surface area (Å²) >= 11 is 0. The van der Waals surface area contributed by atoms with E-state index in [4.69, 9.17) is 0 Å². The quantitative estimate of drug-likeness (QED) is 0.637. The molecule has 0 saturated heterocycles. The normalized spacial score (nSPS) is 10.7. The summed E-state index contributed by atoms with van der Waals surface area (Å²) in [5, 5.41) is 10.5. The predicted octanol–water partition coefficient (Wildman–Crippen LogP) is -0.910. The van der Waals surface area contributed by atoms with Gasteiger partial charge in [0.2, 0.25) is 0 Å². The smallest absolute Gasteiger partial charge is 0.329 e. The third kappa shape index (κ3) is 1.41. The van der Waals surface area contributed by atoms with Gasteiger partial charge in [0, 0.05) is 7.05 Å². The Bertz CT molecular complexity index is 580. The number of para-hydroxylation sites is 2. The molecule has 78 valence electrons. The van der Waals surface area contributed by atoms with Gasteiger partial charge in [0.1, 0.15) is 0 Å². The van der Waals surface area contributed by atoms with Crippen LogP contribution in [0.15, 0.2) is 29.1 Å². The van der Waals surface area contributed by atoms with E-state index in [-0.39, 0.29) is 5.69 Å². The number of benzene rings is 1. The number of rotatable bonds is 2. The zero-order valence-electron chi connectivity index (χ0n) is 8.14. The molecule has 0 saturated carbocycles. The maximum Gasteiger partial charge on any atom is 0.329 e. The molecular weight excluding hydrogens is 196 g/mol. The highest BCUT2D eigenvalue weighted by molar-refractivity contribution is 5.77. The Morgan fingerprint density at radius 1 is 1.33 bits per heavy atom. The lowest BCUT2D eigenvalue weighted by atomic mass is 10.3. The molecule has 0 aliphatic heterocycles. The summed E-state index contributed by atoms with van der Waals surface area (Å²) in [6.45, 7) is -0.416. The van der Waals surface area contributed by atoms with Crippen LogP contribution in [0.1, 0.15) is 0 Å². The fraction of sp³-hybridized carbons (Fsp3) is 0.200. The first-order valence-electron chi connectivity index (χ1n) is 4.45. The van der Waals surface area contributed by atoms with Crippen LogP contribution in [0.5, 0.6) is 0 Å². The number of imidazole rings is 1. The Kier molecular flexibility index (Phi) is 2.07. The van der Waals surface area contributed by atoms with Crippen molar-refractivity contribution in [2.75, 3.05) is 0 Å². The second-order valence-electron chi connectivity index (χ2n) is 3.29. The Labute approximate surface area is 85.2 Å². The molecule has 0 aliphatic rings. The van der Waals surface area contributed by atoms with E-state index in [9.17, 15) is 14.7 Å². The van der Waals surface area contributed by atoms with Crippen LogP contribution in [-0.2, 0) is 18.4 Å². The van der Waals surface area contributed by atoms with Crippen molar-refractivity contribution in [2.45, 2.75) is 6.54 Å². The minimum atomic E-state index is -1.27. The molecule has 2 aromatic rings. The fourth-order valence-electron chi connectivity index (χ4n) is 1.65. The predicted molar refractivity (Wildman–Crippen MR) is 52.2 cm³/mol. The number of carboxylic acid groups (broad SMARTS) is 1. The first-order chi connectivity index (χ1) is 7.11. The number of hydrogen-bond donors (Lipinski definition) is 0. The highest BCUT2D eigenvalue weighted by Crippen LogP contribution is 2.10. The molecule has 2 rings (SSSR count). The highest BCUT2D eigenvalue weighted by Gasteiger charge is 2.08. The maximum absolute atomic E-state index is 11.7. The van der Waals surface area contributed by atoms with Gasteiger partial charge in [0.05, 0.1) is 23.5 Å². The molecule has 0 amide bonds. The molecule has 15 heavy (non-hydrogen) atoms. The average Bonchev–Trinajstić information content (AvgIpc) is 2.44. The van der Waals surface area contributed by atoms with Crippen molar-refractivity contribution >= 4 is 17.0 Å². The van der Waals surface area contributed by atoms with E-state index in [1.165, 1.54) is 9.13 Å². The number of aryl methyl sites for hydroxylation is 1. The molecule has 0 radical (unpaired) electrons. The van der Waals surface area contributed by atoms with Crippen LogP contribution in [-0.4, -0.2) is 15.1 Å². The summed E-state index contributed by atoms with van der Waals surface area (Å²) in [7, 11) is 1.61. The van der Waals surface area contributed by atoms with Crippen molar-refractivity contribution < 1.29 is 9.90 Å². The second-order valence-corrected chi connectivity index (χ2v) is 3.29. The van der Waals surface area contributed by atoms with Crippen LogP contribution >= 0.6 is 0 Å². The molecule has 0 N–H and O–H groups in total. The van der Waals surface area contributed by atoms with Gasteiger partial charge >= 0.3 is 5.69 Å². The average molecular weight is 205 g/mol. The van der Waals surface area contributed by atoms with Gasteiger partial charge in [-0.1, -0.05) is 12.1 Å². The molecule has 0 spiro atoms. The molecule has 1 heterocycles. The van der Waals surface area contributed by atoms with Crippen LogP contribution < -0.4 is 10.8 Å². The van der Waals surface area contributed by atoms with Crippen molar-refractivity contribution in [1.82, 2.24) is 9.13 Å². The Balaban J connectivity index is 2.78. The Morgan fingerprint density at radius 3 is 2.53 bits per heavy atom. The van der Waals surface area contributed by atoms with Crippen molar-refractivity contribution in [2.24, 2.45) is 7.05 Å². The molecule has 0 bridgehead atoms. The highest BCUT2D eigenvalue weighted by atomic mass is 16.4. The Hall–Kier alpha value is -2.04. The third-order valence-corrected chi connectivity index (χ3v) is 2.34. The van der Waals surface area contributed by atoms with E-state index >= 15 is 0 Å². The molecule has 5 heteroatoms. The topological polar surface area (TPSA) is 67.1 Å². The summed E-state index contributed by atoms with van der Waals surface area (Å²) in [4.78, 5) is 22.2. The van der Waals surface area contributed by atoms with Gasteiger partial charge in [-0.15, -0.1) is 0 Å². The van der Waals surface area contributed by atoms with E-state index in [0.29, 0.717) is 11.0 Å². The summed E-state index contributed by atoms with van der Waals surface area (Å²) < 4.78 is 2.60. The number of carbonyl (C=O) groups excluding carboxylic acids is 1. The van der Waals surface area contributed by atoms with Crippen LogP contribution in [0, 0.1) is 0 Å². The largest absolute Gasteiger partial charge is 0.548 e. The van der Waals surface area contributed by atoms with E-state index in [2.05, 4.69) is 0 Å². The number of nitrogens with zero attached hydrogens (tertiary/aromatic N) is 2. The Morgan fingerprint density at radius 2 is 1.93 bits per heavy atom. The van der Waals surface area contributed by atoms with Gasteiger partial charge < -0.3 is 9.90 Å². The maximum atomic E-state index is 11.7. The van der Waals surface area contributed by atoms with Crippen LogP contribution in [0.25, 0.3) is 11.0 Å². The van der Waals surface area contributed by atoms with Crippen LogP contribution in [0.3, 0.4) is 0 Å². The molecule has 0 atom stereocenters. The summed E-state index contributed by atoms with van der Waals surface area (Å²) in [5.74, 6) is -1.27. The van der Waals surface area contributed by atoms with Crippen molar-refractivity contribution in [3.8, 4) is 0 Å². The molecule has 1 aromatic carbocycles. The summed E-state index contributed by atoms with van der Waals surface area (Å²) in [5.41, 5.74) is 0.971. The van der Waals surface area contributed by atoms with E-state index in [1.807, 2.05) is 0 Å². The number of aliphatic carboxylic acids is 1. The van der Waals surface area contributed by atoms with E-state index in [0.717, 1.165) is 0 Å². The van der Waals surface area contributed by atoms with Crippen molar-refractivity contribution in [3.05, 3.63) is 34.7 Å². The van der Waals surface area contributed by atoms with E-state index in [1.54, 1.807) is 31.3 Å². The zero-order valence-corrected chi connectivity index (χ0v) is 8.14. The monoisotopic (exact) mass is 205 g/mol. The zero-order chi connectivity index (χ0) is 11.0. The van der Waals surface area contributed by atoms with Gasteiger partial charge in [-0.3, -0.25) is 9.13 Å². The molecule has 0 fully saturated rings. The van der Waals surface area contributed by atoms with Gasteiger partial charge in [-0.05, 0) is 12.1 Å². The minimum Gasteiger partial charge on any atom is -0.548 e. The molecule has 0 aliphatic carbocycles. The molecule has 0 unspecified atom stereocenters. The lowest BCUT2D eigenvalue weighted by Crippen LogP contribution is -2.33. The SMILES string of the molecule is Cn1c(=O)n(CC(=O)[O-])c2ccccc21. The van der Waals surface area contributed by atoms with Crippen LogP contribution in [0.4, 0.5) is 0 Å². The van der Waals surface area contributed by atoms with Crippen molar-refractivity contribution in [3.63, 3.8) is 0 Å². The first kappa shape index (κ1) is 9.51. The van der Waals surface area contributed by atoms with Gasteiger partial charge in [-0.2, -0.15) is 0 Å². The summed E-state index contributed by atoms with van der Waals surface area (Å²) in [6, 6.07) is 7.03. The molecular formula is C10H9N2O3-. The number of aromatic nitrogens is 2. The number of carboxylic acids is 1. The number of hydrogen-bond acceptors (Lipinski definition) is 3. The van der Waals surface area contributed by atoms with Crippen LogP contribution in [0.2, 0.25) is 0 Å². The second kappa shape index (κ2) is 3.27. The minimum absolute atomic E-state index is 0.347. The lowest BCUT2D eigenvalue weighted by molar-refractivity contribution is -0.306. The first-order valence-corrected chi connectivity index (χ1v) is 4.45. The summed E-state index contributed by atoms with van der Waals surface area (Å²) in [6.07, 6.45) is 0. The fourth-order valence-corrected chi connectivity index (χ4v) is 1.65. The number of fused-ring (bicyclic) bond motifs is 1. The van der Waals surface area contributed by atoms with E-state index < -0.39 is 12.5 Å². The van der Waals surface area contributed by atoms with Gasteiger partial charge in [0.15, 0.2) is 0 Å². The standard InChI is InChI=1S/C10H10N2O3/c1-11-7-4-2-3-5-8(7)12(10(11)15)6-9(13)14/h2-5H,6H2,1H3,(H,13,14)/p-1. The van der Waals surface area contributed by atoms with Gasteiger partial charge in [-0.25, -0.2) is 4.79 Å².